The third kappa shape index (κ3) is 0.692. The molecule has 1 aromatic heterocycles. The maximum absolute atomic E-state index is 3.11. The summed E-state index contributed by atoms with van der Waals surface area (Å²) in [7, 11) is 1.07. The Bertz CT molecular complexity index is 351. The lowest BCUT2D eigenvalue weighted by atomic mass is 10.2. The van der Waals surface area contributed by atoms with E-state index in [4.69, 9.17) is 0 Å². The smallest absolute Gasteiger partial charge is 0.0610 e. The Morgan fingerprint density at radius 1 is 1.30 bits per heavy atom. The van der Waals surface area contributed by atoms with Gasteiger partial charge in [-0.15, -0.1) is 0 Å². The number of aromatic nitrogens is 1. The zero-order valence-electron chi connectivity index (χ0n) is 5.81. The molecule has 0 atom stereocenters. The third-order valence-corrected chi connectivity index (χ3v) is 2.50. The van der Waals surface area contributed by atoms with Crippen molar-refractivity contribution in [1.82, 2.24) is 4.98 Å². The lowest BCUT2D eigenvalue weighted by Gasteiger charge is -1.86. The zero-order valence-corrected chi connectivity index (χ0v) is 7.81. The van der Waals surface area contributed by atoms with Crippen LogP contribution in [0.4, 0.5) is 0 Å². The minimum absolute atomic E-state index is 1.07. The van der Waals surface area contributed by atoms with Crippen LogP contribution in [0, 0.1) is 6.20 Å². The topological polar surface area (TPSA) is 15.8 Å². The molecule has 0 unspecified atom stereocenters. The normalized spacial score (nSPS) is 10.8. The molecule has 0 aliphatic rings. The summed E-state index contributed by atoms with van der Waals surface area (Å²) in [5, 5.41) is 2.66. The number of fused-ring (bicyclic) bond motifs is 1. The second kappa shape index (κ2) is 1.99. The highest BCUT2D eigenvalue weighted by Gasteiger charge is 1.95. The van der Waals surface area contributed by atoms with Crippen molar-refractivity contribution in [3.05, 3.63) is 30.5 Å². The van der Waals surface area contributed by atoms with E-state index in [-0.39, 0.29) is 0 Å². The Morgan fingerprint density at radius 3 is 2.90 bits per heavy atom. The van der Waals surface area contributed by atoms with Crippen LogP contribution in [0.1, 0.15) is 0 Å². The lowest BCUT2D eigenvalue weighted by Crippen LogP contribution is -1.96. The van der Waals surface area contributed by atoms with E-state index < -0.39 is 0 Å². The van der Waals surface area contributed by atoms with Gasteiger partial charge in [0, 0.05) is 15.8 Å². The Kier molecular flexibility index (Phi) is 1.14. The molecule has 0 saturated carbocycles. The van der Waals surface area contributed by atoms with Gasteiger partial charge in [-0.25, -0.2) is 0 Å². The summed E-state index contributed by atoms with van der Waals surface area (Å²) < 4.78 is 0. The maximum Gasteiger partial charge on any atom is 0.0610 e. The highest BCUT2D eigenvalue weighted by Crippen LogP contribution is 2.06. The number of nitrogens with one attached hydrogen (secondary N) is 1. The molecule has 1 N–H and O–H groups in total. The van der Waals surface area contributed by atoms with Crippen LogP contribution >= 0.6 is 0 Å². The highest BCUT2D eigenvalue weighted by molar-refractivity contribution is 6.38. The fourth-order valence-corrected chi connectivity index (χ4v) is 1.71. The van der Waals surface area contributed by atoms with Crippen molar-refractivity contribution in [2.45, 2.75) is 0 Å². The summed E-state index contributed by atoms with van der Waals surface area (Å²) in [6.45, 7) is 0. The average Bonchev–Trinajstić information content (AvgIpc) is 2.34. The first kappa shape index (κ1) is 5.74. The highest BCUT2D eigenvalue weighted by atomic mass is 28.1. The molecule has 0 aliphatic carbocycles. The Balaban J connectivity index is 2.93. The van der Waals surface area contributed by atoms with Gasteiger partial charge in [-0.2, -0.15) is 0 Å². The van der Waals surface area contributed by atoms with E-state index in [1.807, 2.05) is 6.07 Å². The Morgan fingerprint density at radius 2 is 2.10 bits per heavy atom. The predicted molar refractivity (Wildman–Crippen MR) is 46.7 cm³/mol. The number of benzene rings is 1. The molecule has 1 heterocycles. The molecule has 0 saturated heterocycles. The van der Waals surface area contributed by atoms with Crippen molar-refractivity contribution in [2.24, 2.45) is 0 Å². The van der Waals surface area contributed by atoms with E-state index in [0.29, 0.717) is 0 Å². The zero-order chi connectivity index (χ0) is 6.97. The first-order valence-electron chi connectivity index (χ1n) is 3.33. The van der Waals surface area contributed by atoms with E-state index in [1.54, 1.807) is 0 Å². The molecule has 0 bridgehead atoms. The SMILES string of the molecule is [SiH3]c1[c][nH]c2ccccc12. The molecule has 0 amide bonds. The molecule has 1 aromatic carbocycles. The van der Waals surface area contributed by atoms with E-state index in [9.17, 15) is 0 Å². The molecule has 49 valence electrons. The average molecular weight is 146 g/mol. The molecule has 1 radical (unpaired) electrons. The van der Waals surface area contributed by atoms with Crippen molar-refractivity contribution in [3.8, 4) is 0 Å². The third-order valence-electron chi connectivity index (χ3n) is 1.72. The number of hydrogen-bond acceptors (Lipinski definition) is 0. The second-order valence-corrected chi connectivity index (χ2v) is 3.42. The molecular weight excluding hydrogens is 138 g/mol. The molecule has 0 spiro atoms. The van der Waals surface area contributed by atoms with Crippen molar-refractivity contribution in [2.75, 3.05) is 0 Å². The molecular formula is C8H8NSi. The summed E-state index contributed by atoms with van der Waals surface area (Å²) in [4.78, 5) is 3.10. The van der Waals surface area contributed by atoms with Crippen LogP contribution in [0.25, 0.3) is 10.9 Å². The summed E-state index contributed by atoms with van der Waals surface area (Å²) in [5.74, 6) is 0. The van der Waals surface area contributed by atoms with Crippen LogP contribution in [-0.2, 0) is 0 Å². The Hall–Kier alpha value is -1.02. The molecule has 0 fully saturated rings. The summed E-state index contributed by atoms with van der Waals surface area (Å²) >= 11 is 0. The van der Waals surface area contributed by atoms with Gasteiger partial charge in [0.05, 0.1) is 6.20 Å². The standard InChI is InChI=1S/C8H8NSi/c10-8-5-9-7-4-2-1-3-6(7)8/h1-4,9H,10H3. The van der Waals surface area contributed by atoms with Gasteiger partial charge in [-0.05, 0) is 16.6 Å². The number of para-hydroxylation sites is 1. The number of aromatic amines is 1. The van der Waals surface area contributed by atoms with Gasteiger partial charge in [-0.3, -0.25) is 0 Å². The summed E-state index contributed by atoms with van der Waals surface area (Å²) in [5.41, 5.74) is 1.20. The minimum atomic E-state index is 1.07. The Labute approximate surface area is 62.5 Å². The summed E-state index contributed by atoms with van der Waals surface area (Å²) in [6, 6.07) is 8.30. The van der Waals surface area contributed by atoms with Crippen molar-refractivity contribution < 1.29 is 0 Å². The van der Waals surface area contributed by atoms with Gasteiger partial charge < -0.3 is 4.98 Å². The molecule has 10 heavy (non-hydrogen) atoms. The van der Waals surface area contributed by atoms with Crippen molar-refractivity contribution in [1.29, 1.82) is 0 Å². The monoisotopic (exact) mass is 146 g/mol. The molecule has 1 nitrogen and oxygen atoms in total. The van der Waals surface area contributed by atoms with E-state index in [0.717, 1.165) is 10.2 Å². The van der Waals surface area contributed by atoms with E-state index >= 15 is 0 Å². The second-order valence-electron chi connectivity index (χ2n) is 2.42. The van der Waals surface area contributed by atoms with Crippen LogP contribution in [0.3, 0.4) is 0 Å². The van der Waals surface area contributed by atoms with Crippen LogP contribution in [-0.4, -0.2) is 15.2 Å². The molecule has 0 aliphatic heterocycles. The molecule has 2 aromatic rings. The van der Waals surface area contributed by atoms with Crippen LogP contribution in [0.2, 0.25) is 0 Å². The molecule has 2 rings (SSSR count). The number of H-pyrrole nitrogens is 1. The fourth-order valence-electron chi connectivity index (χ4n) is 1.15. The minimum Gasteiger partial charge on any atom is -0.353 e. The largest absolute Gasteiger partial charge is 0.353 e. The van der Waals surface area contributed by atoms with Gasteiger partial charge >= 0.3 is 0 Å². The fraction of sp³-hybridized carbons (Fsp3) is 0. The van der Waals surface area contributed by atoms with Gasteiger partial charge in [0.1, 0.15) is 0 Å². The maximum atomic E-state index is 3.11. The molecule has 2 heteroatoms. The van der Waals surface area contributed by atoms with Gasteiger partial charge in [0.2, 0.25) is 0 Å². The van der Waals surface area contributed by atoms with Crippen molar-refractivity contribution >= 4 is 26.3 Å². The van der Waals surface area contributed by atoms with Crippen molar-refractivity contribution in [3.63, 3.8) is 0 Å². The predicted octanol–water partition coefficient (Wildman–Crippen LogP) is -0.0412. The van der Waals surface area contributed by atoms with Crippen LogP contribution in [0.5, 0.6) is 0 Å². The van der Waals surface area contributed by atoms with Crippen LogP contribution < -0.4 is 5.19 Å². The van der Waals surface area contributed by atoms with E-state index in [1.165, 1.54) is 16.1 Å². The summed E-state index contributed by atoms with van der Waals surface area (Å²) in [6.07, 6.45) is 3.11. The quantitative estimate of drug-likeness (QED) is 0.502. The van der Waals surface area contributed by atoms with Gasteiger partial charge in [-0.1, -0.05) is 18.2 Å². The van der Waals surface area contributed by atoms with Crippen LogP contribution in [0.15, 0.2) is 24.3 Å². The number of hydrogen-bond donors (Lipinski definition) is 1. The van der Waals surface area contributed by atoms with E-state index in [2.05, 4.69) is 29.4 Å². The van der Waals surface area contributed by atoms with Gasteiger partial charge in [0.15, 0.2) is 0 Å². The number of rotatable bonds is 0. The first-order chi connectivity index (χ1) is 4.88. The van der Waals surface area contributed by atoms with Gasteiger partial charge in [0.25, 0.3) is 0 Å². The lowest BCUT2D eigenvalue weighted by molar-refractivity contribution is 1.47. The first-order valence-corrected chi connectivity index (χ1v) is 4.33.